The summed E-state index contributed by atoms with van der Waals surface area (Å²) in [5, 5.41) is 9.61. The van der Waals surface area contributed by atoms with Crippen molar-refractivity contribution in [3.8, 4) is 5.75 Å². The van der Waals surface area contributed by atoms with Gasteiger partial charge in [0.05, 0.1) is 6.61 Å². The highest BCUT2D eigenvalue weighted by molar-refractivity contribution is 7.86. The molecule has 1 aromatic rings. The molecule has 0 amide bonds. The smallest absolute Gasteiger partial charge is 0.341 e. The number of unbranched alkanes of at least 4 members (excludes halogenated alkanes) is 1. The van der Waals surface area contributed by atoms with Crippen LogP contribution in [0.3, 0.4) is 0 Å². The molecule has 0 aliphatic carbocycles. The van der Waals surface area contributed by atoms with E-state index in [9.17, 15) is 18.3 Å². The number of aromatic hydroxyl groups is 1. The van der Waals surface area contributed by atoms with Crippen LogP contribution in [0.2, 0.25) is 0 Å². The third-order valence-corrected chi connectivity index (χ3v) is 3.11. The number of hydrogen-bond acceptors (Lipinski definition) is 5. The van der Waals surface area contributed by atoms with Gasteiger partial charge in [-0.2, -0.15) is 8.42 Å². The number of phenols is 1. The fourth-order valence-electron chi connectivity index (χ4n) is 1.28. The average molecular weight is 274 g/mol. The van der Waals surface area contributed by atoms with Crippen LogP contribution in [-0.4, -0.2) is 30.7 Å². The van der Waals surface area contributed by atoms with Gasteiger partial charge >= 0.3 is 5.97 Å². The van der Waals surface area contributed by atoms with Gasteiger partial charge in [-0.3, -0.25) is 4.55 Å². The maximum Gasteiger partial charge on any atom is 0.341 e. The topological polar surface area (TPSA) is 101 Å². The largest absolute Gasteiger partial charge is 0.506 e. The van der Waals surface area contributed by atoms with Crippen molar-refractivity contribution >= 4 is 16.1 Å². The number of hydrogen-bond donors (Lipinski definition) is 2. The lowest BCUT2D eigenvalue weighted by Crippen LogP contribution is -2.08. The molecule has 0 saturated heterocycles. The van der Waals surface area contributed by atoms with Crippen molar-refractivity contribution < 1.29 is 27.6 Å². The SMILES string of the molecule is CCCCOC(=O)c1cccc(S(=O)(=O)O)c1O. The van der Waals surface area contributed by atoms with Crippen molar-refractivity contribution in [3.63, 3.8) is 0 Å². The second kappa shape index (κ2) is 5.83. The Balaban J connectivity index is 3.01. The molecule has 0 saturated carbocycles. The molecule has 0 aromatic heterocycles. The van der Waals surface area contributed by atoms with Gasteiger partial charge in [0.15, 0.2) is 5.75 Å². The van der Waals surface area contributed by atoms with E-state index in [1.165, 1.54) is 12.1 Å². The lowest BCUT2D eigenvalue weighted by atomic mass is 10.2. The van der Waals surface area contributed by atoms with Crippen molar-refractivity contribution in [3.05, 3.63) is 23.8 Å². The summed E-state index contributed by atoms with van der Waals surface area (Å²) in [6.07, 6.45) is 1.51. The molecular formula is C11H14O6S. The highest BCUT2D eigenvalue weighted by atomic mass is 32.2. The van der Waals surface area contributed by atoms with E-state index in [2.05, 4.69) is 0 Å². The van der Waals surface area contributed by atoms with E-state index in [-0.39, 0.29) is 12.2 Å². The number of benzene rings is 1. The van der Waals surface area contributed by atoms with Gasteiger partial charge in [0.1, 0.15) is 10.5 Å². The zero-order valence-corrected chi connectivity index (χ0v) is 10.6. The molecular weight excluding hydrogens is 260 g/mol. The molecule has 7 heteroatoms. The van der Waals surface area contributed by atoms with Crippen LogP contribution in [0, 0.1) is 0 Å². The monoisotopic (exact) mass is 274 g/mol. The molecule has 0 fully saturated rings. The molecule has 0 atom stereocenters. The number of rotatable bonds is 5. The molecule has 1 aromatic carbocycles. The molecule has 100 valence electrons. The lowest BCUT2D eigenvalue weighted by molar-refractivity contribution is 0.0496. The summed E-state index contributed by atoms with van der Waals surface area (Å²) >= 11 is 0. The van der Waals surface area contributed by atoms with Crippen molar-refractivity contribution in [2.75, 3.05) is 6.61 Å². The Morgan fingerprint density at radius 3 is 2.61 bits per heavy atom. The van der Waals surface area contributed by atoms with Gasteiger partial charge in [-0.1, -0.05) is 19.4 Å². The van der Waals surface area contributed by atoms with Crippen LogP contribution in [0.1, 0.15) is 30.1 Å². The van der Waals surface area contributed by atoms with Gasteiger partial charge in [-0.05, 0) is 18.6 Å². The molecule has 0 aliphatic rings. The number of ether oxygens (including phenoxy) is 1. The Hall–Kier alpha value is -1.60. The van der Waals surface area contributed by atoms with E-state index in [1.807, 2.05) is 6.92 Å². The molecule has 2 N–H and O–H groups in total. The summed E-state index contributed by atoms with van der Waals surface area (Å²) in [5.41, 5.74) is -0.291. The minimum atomic E-state index is -4.57. The number of carbonyl (C=O) groups excluding carboxylic acids is 1. The van der Waals surface area contributed by atoms with E-state index in [0.29, 0.717) is 6.42 Å². The van der Waals surface area contributed by atoms with Crippen LogP contribution in [0.25, 0.3) is 0 Å². The Morgan fingerprint density at radius 2 is 2.06 bits per heavy atom. The maximum absolute atomic E-state index is 11.6. The minimum absolute atomic E-state index is 0.185. The third kappa shape index (κ3) is 3.44. The van der Waals surface area contributed by atoms with Crippen LogP contribution in [-0.2, 0) is 14.9 Å². The first-order chi connectivity index (χ1) is 8.38. The second-order valence-electron chi connectivity index (χ2n) is 3.62. The van der Waals surface area contributed by atoms with Crippen molar-refractivity contribution in [2.24, 2.45) is 0 Å². The zero-order chi connectivity index (χ0) is 13.8. The normalized spacial score (nSPS) is 11.2. The second-order valence-corrected chi connectivity index (χ2v) is 5.01. The highest BCUT2D eigenvalue weighted by Gasteiger charge is 2.21. The van der Waals surface area contributed by atoms with Gasteiger partial charge in [0, 0.05) is 0 Å². The first-order valence-corrected chi connectivity index (χ1v) is 6.78. The fraction of sp³-hybridized carbons (Fsp3) is 0.364. The fourth-order valence-corrected chi connectivity index (χ4v) is 1.89. The van der Waals surface area contributed by atoms with E-state index in [0.717, 1.165) is 12.5 Å². The van der Waals surface area contributed by atoms with Crippen LogP contribution in [0.4, 0.5) is 0 Å². The number of esters is 1. The highest BCUT2D eigenvalue weighted by Crippen LogP contribution is 2.27. The zero-order valence-electron chi connectivity index (χ0n) is 9.79. The molecule has 0 heterocycles. The Bertz CT molecular complexity index is 534. The summed E-state index contributed by atoms with van der Waals surface area (Å²) < 4.78 is 35.6. The minimum Gasteiger partial charge on any atom is -0.506 e. The molecule has 1 rings (SSSR count). The first-order valence-electron chi connectivity index (χ1n) is 5.34. The standard InChI is InChI=1S/C11H14O6S/c1-2-3-7-17-11(13)8-5-4-6-9(10(8)12)18(14,15)16/h4-6,12H,2-3,7H2,1H3,(H,14,15,16). The van der Waals surface area contributed by atoms with Crippen LogP contribution in [0.5, 0.6) is 5.75 Å². The predicted octanol–water partition coefficient (Wildman–Crippen LogP) is 1.60. The maximum atomic E-state index is 11.6. The van der Waals surface area contributed by atoms with Crippen molar-refractivity contribution in [1.29, 1.82) is 0 Å². The first kappa shape index (κ1) is 14.5. The Morgan fingerprint density at radius 1 is 1.39 bits per heavy atom. The Kier molecular flexibility index (Phi) is 4.69. The Labute approximate surface area is 105 Å². The quantitative estimate of drug-likeness (QED) is 0.480. The average Bonchev–Trinajstić information content (AvgIpc) is 2.28. The van der Waals surface area contributed by atoms with E-state index < -0.39 is 26.7 Å². The number of carbonyl (C=O) groups is 1. The van der Waals surface area contributed by atoms with Crippen LogP contribution >= 0.6 is 0 Å². The summed E-state index contributed by atoms with van der Waals surface area (Å²) in [5.74, 6) is -1.63. The van der Waals surface area contributed by atoms with E-state index in [1.54, 1.807) is 0 Å². The van der Waals surface area contributed by atoms with Crippen LogP contribution < -0.4 is 0 Å². The van der Waals surface area contributed by atoms with Gasteiger partial charge in [-0.25, -0.2) is 4.79 Å². The van der Waals surface area contributed by atoms with Gasteiger partial charge in [0.2, 0.25) is 0 Å². The van der Waals surface area contributed by atoms with E-state index >= 15 is 0 Å². The van der Waals surface area contributed by atoms with Crippen molar-refractivity contribution in [2.45, 2.75) is 24.7 Å². The van der Waals surface area contributed by atoms with E-state index in [4.69, 9.17) is 9.29 Å². The molecule has 0 unspecified atom stereocenters. The van der Waals surface area contributed by atoms with Gasteiger partial charge < -0.3 is 9.84 Å². The molecule has 0 aliphatic heterocycles. The van der Waals surface area contributed by atoms with Gasteiger partial charge in [0.25, 0.3) is 10.1 Å². The molecule has 0 radical (unpaired) electrons. The summed E-state index contributed by atoms with van der Waals surface area (Å²) in [7, 11) is -4.57. The molecule has 18 heavy (non-hydrogen) atoms. The summed E-state index contributed by atoms with van der Waals surface area (Å²) in [6.45, 7) is 2.11. The van der Waals surface area contributed by atoms with Crippen LogP contribution in [0.15, 0.2) is 23.1 Å². The molecule has 0 bridgehead atoms. The number of phenolic OH excluding ortho intramolecular Hbond substituents is 1. The third-order valence-electron chi connectivity index (χ3n) is 2.23. The number of para-hydroxylation sites is 1. The lowest BCUT2D eigenvalue weighted by Gasteiger charge is -2.07. The van der Waals surface area contributed by atoms with Gasteiger partial charge in [-0.15, -0.1) is 0 Å². The van der Waals surface area contributed by atoms with Crippen molar-refractivity contribution in [1.82, 2.24) is 0 Å². The molecule has 6 nitrogen and oxygen atoms in total. The molecule has 0 spiro atoms. The summed E-state index contributed by atoms with van der Waals surface area (Å²) in [6, 6.07) is 3.45. The summed E-state index contributed by atoms with van der Waals surface area (Å²) in [4.78, 5) is 10.8. The predicted molar refractivity (Wildman–Crippen MR) is 63.1 cm³/mol.